The lowest BCUT2D eigenvalue weighted by molar-refractivity contribution is -0.116. The molecule has 0 saturated heterocycles. The number of hydrogen-bond donors (Lipinski definition) is 2. The molecule has 0 aliphatic rings. The number of rotatable bonds is 7. The summed E-state index contributed by atoms with van der Waals surface area (Å²) in [6.45, 7) is 5.01. The van der Waals surface area contributed by atoms with Gasteiger partial charge in [-0.3, -0.25) is 4.79 Å². The summed E-state index contributed by atoms with van der Waals surface area (Å²) in [5.74, 6) is 1.05. The summed E-state index contributed by atoms with van der Waals surface area (Å²) < 4.78 is 0. The molecule has 3 N–H and O–H groups in total. The minimum atomic E-state index is 0.00457. The van der Waals surface area contributed by atoms with Crippen molar-refractivity contribution >= 4 is 23.2 Å². The van der Waals surface area contributed by atoms with Crippen molar-refractivity contribution < 1.29 is 4.79 Å². The fourth-order valence-electron chi connectivity index (χ4n) is 2.05. The molecule has 4 nitrogen and oxygen atoms in total. The number of carbonyl (C=O) groups is 1. The molecule has 1 aromatic heterocycles. The first-order valence-corrected chi connectivity index (χ1v) is 7.02. The Bertz CT molecular complexity index is 409. The third-order valence-corrected chi connectivity index (χ3v) is 3.44. The predicted molar refractivity (Wildman–Crippen MR) is 79.1 cm³/mol. The van der Waals surface area contributed by atoms with E-state index < -0.39 is 0 Å². The zero-order valence-electron chi connectivity index (χ0n) is 11.5. The number of nitrogens with one attached hydrogen (secondary N) is 1. The van der Waals surface area contributed by atoms with Gasteiger partial charge < -0.3 is 11.1 Å². The first-order valence-electron chi connectivity index (χ1n) is 6.64. The van der Waals surface area contributed by atoms with Crippen LogP contribution in [0.1, 0.15) is 33.1 Å². The molecule has 1 rings (SSSR count). The fraction of sp³-hybridized carbons (Fsp3) is 0.571. The molecule has 0 bridgehead atoms. The summed E-state index contributed by atoms with van der Waals surface area (Å²) in [4.78, 5) is 15.7. The summed E-state index contributed by atoms with van der Waals surface area (Å²) in [6.07, 6.45) is 3.90. The van der Waals surface area contributed by atoms with Crippen molar-refractivity contribution in [2.45, 2.75) is 33.1 Å². The summed E-state index contributed by atoms with van der Waals surface area (Å²) in [5, 5.41) is 3.20. The molecule has 0 radical (unpaired) electrons. The topological polar surface area (TPSA) is 68.0 Å². The van der Waals surface area contributed by atoms with Gasteiger partial charge in [0.05, 0.1) is 0 Å². The van der Waals surface area contributed by atoms with Crippen LogP contribution < -0.4 is 11.1 Å². The lowest BCUT2D eigenvalue weighted by Crippen LogP contribution is -2.18. The van der Waals surface area contributed by atoms with Crippen LogP contribution in [0.5, 0.6) is 0 Å². The van der Waals surface area contributed by atoms with E-state index in [9.17, 15) is 4.79 Å². The first kappa shape index (κ1) is 15.9. The standard InChI is InChI=1S/C14H22ClN3O/c1-10(2)11(5-7-16)3-4-14(19)18-12-6-8-17-13(15)9-12/h6,8-11H,3-5,7,16H2,1-2H3,(H,17,18,19). The highest BCUT2D eigenvalue weighted by molar-refractivity contribution is 6.29. The third kappa shape index (κ3) is 6.03. The van der Waals surface area contributed by atoms with Gasteiger partial charge in [0.2, 0.25) is 5.91 Å². The first-order chi connectivity index (χ1) is 9.02. The number of halogens is 1. The second-order valence-electron chi connectivity index (χ2n) is 5.04. The third-order valence-electron chi connectivity index (χ3n) is 3.23. The van der Waals surface area contributed by atoms with Gasteiger partial charge in [-0.05, 0) is 43.4 Å². The number of amides is 1. The van der Waals surface area contributed by atoms with E-state index in [1.807, 2.05) is 0 Å². The molecule has 0 fully saturated rings. The van der Waals surface area contributed by atoms with E-state index in [1.54, 1.807) is 18.3 Å². The summed E-state index contributed by atoms with van der Waals surface area (Å²) in [7, 11) is 0. The molecule has 1 atom stereocenters. The molecule has 19 heavy (non-hydrogen) atoms. The average Bonchev–Trinajstić information content (AvgIpc) is 2.34. The maximum atomic E-state index is 11.8. The van der Waals surface area contributed by atoms with E-state index in [0.29, 0.717) is 35.6 Å². The van der Waals surface area contributed by atoms with Crippen molar-refractivity contribution in [2.24, 2.45) is 17.6 Å². The van der Waals surface area contributed by atoms with Crippen LogP contribution in [0.2, 0.25) is 5.15 Å². The number of pyridine rings is 1. The largest absolute Gasteiger partial charge is 0.330 e. The number of nitrogens with two attached hydrogens (primary N) is 1. The Balaban J connectivity index is 2.42. The number of carbonyl (C=O) groups excluding carboxylic acids is 1. The van der Waals surface area contributed by atoms with Crippen molar-refractivity contribution in [3.63, 3.8) is 0 Å². The monoisotopic (exact) mass is 283 g/mol. The van der Waals surface area contributed by atoms with Crippen LogP contribution in [0.3, 0.4) is 0 Å². The zero-order chi connectivity index (χ0) is 14.3. The number of anilines is 1. The Morgan fingerprint density at radius 3 is 2.79 bits per heavy atom. The average molecular weight is 284 g/mol. The van der Waals surface area contributed by atoms with Crippen molar-refractivity contribution in [3.05, 3.63) is 23.5 Å². The Morgan fingerprint density at radius 1 is 1.47 bits per heavy atom. The molecule has 0 aromatic carbocycles. The van der Waals surface area contributed by atoms with Crippen molar-refractivity contribution in [3.8, 4) is 0 Å². The summed E-state index contributed by atoms with van der Waals surface area (Å²) in [5.41, 5.74) is 6.28. The highest BCUT2D eigenvalue weighted by atomic mass is 35.5. The molecule has 0 spiro atoms. The van der Waals surface area contributed by atoms with E-state index in [0.717, 1.165) is 12.8 Å². The van der Waals surface area contributed by atoms with Crippen molar-refractivity contribution in [1.82, 2.24) is 4.98 Å². The fourth-order valence-corrected chi connectivity index (χ4v) is 2.22. The van der Waals surface area contributed by atoms with Crippen LogP contribution >= 0.6 is 11.6 Å². The van der Waals surface area contributed by atoms with Gasteiger partial charge in [-0.2, -0.15) is 0 Å². The highest BCUT2D eigenvalue weighted by Crippen LogP contribution is 2.21. The molecule has 1 aromatic rings. The van der Waals surface area contributed by atoms with Gasteiger partial charge >= 0.3 is 0 Å². The van der Waals surface area contributed by atoms with Crippen molar-refractivity contribution in [1.29, 1.82) is 0 Å². The number of aromatic nitrogens is 1. The normalized spacial score (nSPS) is 12.5. The van der Waals surface area contributed by atoms with Gasteiger partial charge in [0.25, 0.3) is 0 Å². The van der Waals surface area contributed by atoms with E-state index in [1.165, 1.54) is 0 Å². The van der Waals surface area contributed by atoms with Crippen LogP contribution in [-0.2, 0) is 4.79 Å². The molecule has 0 aliphatic heterocycles. The number of nitrogens with zero attached hydrogens (tertiary/aromatic N) is 1. The molecule has 1 amide bonds. The summed E-state index contributed by atoms with van der Waals surface area (Å²) >= 11 is 5.76. The van der Waals surface area contributed by atoms with Gasteiger partial charge in [-0.1, -0.05) is 25.4 Å². The quantitative estimate of drug-likeness (QED) is 0.756. The van der Waals surface area contributed by atoms with Crippen LogP contribution in [0.15, 0.2) is 18.3 Å². The Kier molecular flexibility index (Phi) is 6.81. The molecule has 0 aliphatic carbocycles. The van der Waals surface area contributed by atoms with Crippen LogP contribution in [0.4, 0.5) is 5.69 Å². The van der Waals surface area contributed by atoms with E-state index >= 15 is 0 Å². The van der Waals surface area contributed by atoms with Crippen LogP contribution in [0.25, 0.3) is 0 Å². The second kappa shape index (κ2) is 8.12. The molecule has 5 heteroatoms. The molecular formula is C14H22ClN3O. The van der Waals surface area contributed by atoms with Gasteiger partial charge in [-0.15, -0.1) is 0 Å². The summed E-state index contributed by atoms with van der Waals surface area (Å²) in [6, 6.07) is 3.36. The SMILES string of the molecule is CC(C)C(CCN)CCC(=O)Nc1ccnc(Cl)c1. The Hall–Kier alpha value is -1.13. The second-order valence-corrected chi connectivity index (χ2v) is 5.42. The van der Waals surface area contributed by atoms with Crippen LogP contribution in [0, 0.1) is 11.8 Å². The lowest BCUT2D eigenvalue weighted by atomic mass is 9.88. The van der Waals surface area contributed by atoms with E-state index in [2.05, 4.69) is 24.1 Å². The number of hydrogen-bond acceptors (Lipinski definition) is 3. The maximum absolute atomic E-state index is 11.8. The van der Waals surface area contributed by atoms with Gasteiger partial charge in [0.1, 0.15) is 5.15 Å². The zero-order valence-corrected chi connectivity index (χ0v) is 12.3. The minimum absolute atomic E-state index is 0.00457. The van der Waals surface area contributed by atoms with Gasteiger partial charge in [-0.25, -0.2) is 4.98 Å². The molecule has 0 saturated carbocycles. The van der Waals surface area contributed by atoms with Crippen molar-refractivity contribution in [2.75, 3.05) is 11.9 Å². The van der Waals surface area contributed by atoms with Gasteiger partial charge in [0.15, 0.2) is 0 Å². The smallest absolute Gasteiger partial charge is 0.224 e. The minimum Gasteiger partial charge on any atom is -0.330 e. The Morgan fingerprint density at radius 2 is 2.21 bits per heavy atom. The highest BCUT2D eigenvalue weighted by Gasteiger charge is 2.14. The predicted octanol–water partition coefficient (Wildman–Crippen LogP) is 3.07. The van der Waals surface area contributed by atoms with Crippen LogP contribution in [-0.4, -0.2) is 17.4 Å². The Labute approximate surface area is 119 Å². The molecular weight excluding hydrogens is 262 g/mol. The lowest BCUT2D eigenvalue weighted by Gasteiger charge is -2.19. The molecule has 1 unspecified atom stereocenters. The molecule has 1 heterocycles. The van der Waals surface area contributed by atoms with E-state index in [4.69, 9.17) is 17.3 Å². The maximum Gasteiger partial charge on any atom is 0.224 e. The van der Waals surface area contributed by atoms with Gasteiger partial charge in [0, 0.05) is 18.3 Å². The molecule has 106 valence electrons. The van der Waals surface area contributed by atoms with E-state index in [-0.39, 0.29) is 5.91 Å².